The Hall–Kier alpha value is -2.59. The summed E-state index contributed by atoms with van der Waals surface area (Å²) in [6.45, 7) is 7.20. The number of rotatable bonds is 5. The molecule has 2 atom stereocenters. The second kappa shape index (κ2) is 10.9. The summed E-state index contributed by atoms with van der Waals surface area (Å²) in [5.74, 6) is 0.873. The topological polar surface area (TPSA) is 89.1 Å². The number of nitrogens with one attached hydrogen (secondary N) is 1. The van der Waals surface area contributed by atoms with E-state index in [2.05, 4.69) is 44.5 Å². The summed E-state index contributed by atoms with van der Waals surface area (Å²) < 4.78 is 17.5. The number of likely N-dealkylation sites (tertiary alicyclic amines) is 1. The Morgan fingerprint density at radius 1 is 1.11 bits per heavy atom. The van der Waals surface area contributed by atoms with Gasteiger partial charge in [-0.05, 0) is 50.2 Å². The molecule has 2 aromatic rings. The number of hydrogen-bond acceptors (Lipinski definition) is 8. The number of amides is 1. The molecule has 1 aromatic carbocycles. The summed E-state index contributed by atoms with van der Waals surface area (Å²) in [7, 11) is 1.75. The molecular weight excluding hydrogens is 482 g/mol. The van der Waals surface area contributed by atoms with Gasteiger partial charge in [0, 0.05) is 57.5 Å². The Bertz CT molecular complexity index is 1140. The Morgan fingerprint density at radius 2 is 1.89 bits per heavy atom. The summed E-state index contributed by atoms with van der Waals surface area (Å²) in [4.78, 5) is 26.8. The van der Waals surface area contributed by atoms with Gasteiger partial charge in [0.05, 0.1) is 24.9 Å². The lowest BCUT2D eigenvalue weighted by atomic mass is 9.84. The molecule has 0 bridgehead atoms. The fourth-order valence-electron chi connectivity index (χ4n) is 6.69. The molecule has 1 spiro atoms. The van der Waals surface area contributed by atoms with E-state index in [4.69, 9.17) is 14.2 Å². The molecule has 2 unspecified atom stereocenters. The number of ether oxygens (including phenoxy) is 3. The number of fused-ring (bicyclic) bond motifs is 2. The van der Waals surface area contributed by atoms with E-state index >= 15 is 0 Å². The van der Waals surface area contributed by atoms with Crippen LogP contribution in [0.3, 0.4) is 0 Å². The van der Waals surface area contributed by atoms with Gasteiger partial charge in [0.2, 0.25) is 0 Å². The minimum atomic E-state index is -0.195. The predicted molar refractivity (Wildman–Crippen MR) is 143 cm³/mol. The van der Waals surface area contributed by atoms with Crippen LogP contribution in [0, 0.1) is 6.92 Å². The third-order valence-electron chi connectivity index (χ3n) is 8.98. The van der Waals surface area contributed by atoms with E-state index in [1.54, 1.807) is 13.4 Å². The number of methoxy groups -OCH3 is 1. The molecular formula is C29H39N5O4. The van der Waals surface area contributed by atoms with Crippen LogP contribution in [0.25, 0.3) is 0 Å². The molecule has 0 radical (unpaired) electrons. The molecule has 1 amide bonds. The van der Waals surface area contributed by atoms with Crippen LogP contribution in [0.5, 0.6) is 0 Å². The predicted octanol–water partition coefficient (Wildman–Crippen LogP) is 2.81. The Kier molecular flexibility index (Phi) is 7.35. The number of aromatic nitrogens is 2. The smallest absolute Gasteiger partial charge is 0.272 e. The summed E-state index contributed by atoms with van der Waals surface area (Å²) in [6.07, 6.45) is 6.26. The van der Waals surface area contributed by atoms with Crippen molar-refractivity contribution in [2.45, 2.75) is 69.4 Å². The molecule has 5 heterocycles. The monoisotopic (exact) mass is 521 g/mol. The van der Waals surface area contributed by atoms with Crippen LogP contribution in [0.1, 0.15) is 59.3 Å². The van der Waals surface area contributed by atoms with Crippen molar-refractivity contribution in [3.8, 4) is 0 Å². The average Bonchev–Trinajstić information content (AvgIpc) is 3.32. The third-order valence-corrected chi connectivity index (χ3v) is 8.98. The number of anilines is 1. The van der Waals surface area contributed by atoms with Gasteiger partial charge in [-0.25, -0.2) is 9.97 Å². The van der Waals surface area contributed by atoms with Crippen molar-refractivity contribution >= 4 is 11.7 Å². The van der Waals surface area contributed by atoms with Crippen LogP contribution in [0.4, 0.5) is 5.82 Å². The molecule has 6 rings (SSSR count). The lowest BCUT2D eigenvalue weighted by molar-refractivity contribution is -0.0552. The van der Waals surface area contributed by atoms with Gasteiger partial charge in [-0.15, -0.1) is 0 Å². The van der Waals surface area contributed by atoms with Gasteiger partial charge in [0.25, 0.3) is 5.91 Å². The summed E-state index contributed by atoms with van der Waals surface area (Å²) >= 11 is 0. The van der Waals surface area contributed by atoms with E-state index in [1.165, 1.54) is 11.1 Å². The highest BCUT2D eigenvalue weighted by molar-refractivity contribution is 5.94. The summed E-state index contributed by atoms with van der Waals surface area (Å²) in [5.41, 5.74) is 3.83. The number of piperidine rings is 2. The maximum Gasteiger partial charge on any atom is 0.272 e. The van der Waals surface area contributed by atoms with Crippen LogP contribution in [-0.2, 0) is 26.4 Å². The van der Waals surface area contributed by atoms with Gasteiger partial charge in [0.1, 0.15) is 17.8 Å². The van der Waals surface area contributed by atoms with Gasteiger partial charge in [0.15, 0.2) is 0 Å². The van der Waals surface area contributed by atoms with Crippen LogP contribution >= 0.6 is 0 Å². The van der Waals surface area contributed by atoms with Crippen LogP contribution in [0.15, 0.2) is 30.6 Å². The van der Waals surface area contributed by atoms with Gasteiger partial charge in [-0.3, -0.25) is 4.79 Å². The second-order valence-corrected chi connectivity index (χ2v) is 11.1. The van der Waals surface area contributed by atoms with Gasteiger partial charge in [-0.2, -0.15) is 0 Å². The number of carbonyl (C=O) groups is 1. The number of nitrogens with zero attached hydrogens (tertiary/aromatic N) is 4. The highest BCUT2D eigenvalue weighted by Gasteiger charge is 2.43. The molecule has 1 aromatic heterocycles. The fourth-order valence-corrected chi connectivity index (χ4v) is 6.69. The van der Waals surface area contributed by atoms with E-state index in [0.717, 1.165) is 76.3 Å². The molecule has 9 nitrogen and oxygen atoms in total. The zero-order valence-corrected chi connectivity index (χ0v) is 22.5. The molecule has 1 N–H and O–H groups in total. The average molecular weight is 522 g/mol. The van der Waals surface area contributed by atoms with Gasteiger partial charge in [-0.1, -0.05) is 24.3 Å². The van der Waals surface area contributed by atoms with E-state index in [9.17, 15) is 4.79 Å². The van der Waals surface area contributed by atoms with Crippen LogP contribution in [0.2, 0.25) is 0 Å². The van der Waals surface area contributed by atoms with Crippen molar-refractivity contribution in [1.82, 2.24) is 20.2 Å². The summed E-state index contributed by atoms with van der Waals surface area (Å²) in [5, 5.41) is 3.76. The molecule has 3 fully saturated rings. The van der Waals surface area contributed by atoms with Gasteiger partial charge >= 0.3 is 0 Å². The summed E-state index contributed by atoms with van der Waals surface area (Å²) in [6, 6.07) is 9.26. The van der Waals surface area contributed by atoms with Crippen molar-refractivity contribution in [3.63, 3.8) is 0 Å². The first-order chi connectivity index (χ1) is 18.6. The zero-order valence-electron chi connectivity index (χ0n) is 22.5. The number of carbonyl (C=O) groups excluding carboxylic acids is 1. The van der Waals surface area contributed by atoms with Crippen molar-refractivity contribution in [2.75, 3.05) is 51.4 Å². The van der Waals surface area contributed by atoms with E-state index < -0.39 is 0 Å². The molecule has 4 aliphatic rings. The van der Waals surface area contributed by atoms with Crippen molar-refractivity contribution in [3.05, 3.63) is 53.0 Å². The first-order valence-corrected chi connectivity index (χ1v) is 14.0. The minimum Gasteiger partial charge on any atom is -0.379 e. The zero-order chi connectivity index (χ0) is 26.1. The minimum absolute atomic E-state index is 0.00645. The lowest BCUT2D eigenvalue weighted by Crippen LogP contribution is -2.54. The van der Waals surface area contributed by atoms with Gasteiger partial charge < -0.3 is 29.3 Å². The molecule has 38 heavy (non-hydrogen) atoms. The number of hydrogen-bond donors (Lipinski definition) is 1. The Labute approximate surface area is 224 Å². The maximum absolute atomic E-state index is 13.5. The quantitative estimate of drug-likeness (QED) is 0.643. The SMILES string of the molecule is COC1COCCC1NC1CCN(C(=O)c2ncnc(N3CCC4(CC3)OCc3ccccc34)c2C)CC1. The first-order valence-electron chi connectivity index (χ1n) is 14.0. The molecule has 0 aliphatic carbocycles. The normalized spacial score (nSPS) is 25.5. The molecule has 3 saturated heterocycles. The number of benzene rings is 1. The van der Waals surface area contributed by atoms with Crippen LogP contribution in [-0.4, -0.2) is 85.5 Å². The van der Waals surface area contributed by atoms with E-state index in [1.807, 2.05) is 11.8 Å². The Balaban J connectivity index is 1.07. The fraction of sp³-hybridized carbons (Fsp3) is 0.621. The highest BCUT2D eigenvalue weighted by atomic mass is 16.5. The largest absolute Gasteiger partial charge is 0.379 e. The lowest BCUT2D eigenvalue weighted by Gasteiger charge is -2.40. The third kappa shape index (κ3) is 4.81. The van der Waals surface area contributed by atoms with Crippen molar-refractivity contribution in [2.24, 2.45) is 0 Å². The Morgan fingerprint density at radius 3 is 2.68 bits per heavy atom. The maximum atomic E-state index is 13.5. The molecule has 9 heteroatoms. The van der Waals surface area contributed by atoms with E-state index in [0.29, 0.717) is 31.0 Å². The van der Waals surface area contributed by atoms with E-state index in [-0.39, 0.29) is 17.6 Å². The molecule has 0 saturated carbocycles. The second-order valence-electron chi connectivity index (χ2n) is 11.1. The highest BCUT2D eigenvalue weighted by Crippen LogP contribution is 2.44. The van der Waals surface area contributed by atoms with Crippen LogP contribution < -0.4 is 10.2 Å². The standard InChI is InChI=1S/C29H39N5O4/c1-20-26(28(35)34-12-7-22(8-13-34)32-24-9-16-37-18-25(24)36-2)30-19-31-27(20)33-14-10-29(11-15-33)23-6-4-3-5-21(23)17-38-29/h3-6,19,22,24-25,32H,7-18H2,1-2H3. The first kappa shape index (κ1) is 25.7. The van der Waals surface area contributed by atoms with Crippen molar-refractivity contribution in [1.29, 1.82) is 0 Å². The molecule has 204 valence electrons. The van der Waals surface area contributed by atoms with Crippen molar-refractivity contribution < 1.29 is 19.0 Å². The molecule has 4 aliphatic heterocycles.